The first-order valence-electron chi connectivity index (χ1n) is 8.40. The van der Waals surface area contributed by atoms with Gasteiger partial charge >= 0.3 is 6.09 Å². The second-order valence-corrected chi connectivity index (χ2v) is 5.61. The molecule has 0 saturated heterocycles. The zero-order valence-electron chi connectivity index (χ0n) is 15.2. The number of carbonyl (C=O) groups is 1. The molecule has 5 nitrogen and oxygen atoms in total. The zero-order chi connectivity index (χ0) is 18.2. The fourth-order valence-corrected chi connectivity index (χ4v) is 2.48. The Morgan fingerprint density at radius 1 is 1.08 bits per heavy atom. The van der Waals surface area contributed by atoms with Gasteiger partial charge in [0, 0.05) is 5.56 Å². The largest absolute Gasteiger partial charge is 0.494 e. The number of benzene rings is 2. The monoisotopic (exact) mass is 343 g/mol. The van der Waals surface area contributed by atoms with Crippen LogP contribution in [0.15, 0.2) is 36.4 Å². The number of methoxy groups -OCH3 is 1. The lowest BCUT2D eigenvalue weighted by Crippen LogP contribution is -2.13. The Balaban J connectivity index is 2.20. The minimum Gasteiger partial charge on any atom is -0.494 e. The van der Waals surface area contributed by atoms with Crippen LogP contribution in [0.25, 0.3) is 0 Å². The maximum Gasteiger partial charge on any atom is 0.411 e. The molecule has 0 aromatic heterocycles. The molecule has 2 rings (SSSR count). The Hall–Kier alpha value is -2.69. The summed E-state index contributed by atoms with van der Waals surface area (Å²) in [6.07, 6.45) is 0.471. The molecule has 0 radical (unpaired) electrons. The highest BCUT2D eigenvalue weighted by atomic mass is 16.5. The van der Waals surface area contributed by atoms with E-state index >= 15 is 0 Å². The molecular formula is C20H25NO4. The third-order valence-electron chi connectivity index (χ3n) is 3.84. The van der Waals surface area contributed by atoms with Crippen LogP contribution in [0.5, 0.6) is 11.5 Å². The van der Waals surface area contributed by atoms with Gasteiger partial charge < -0.3 is 14.2 Å². The fourth-order valence-electron chi connectivity index (χ4n) is 2.48. The molecule has 5 heteroatoms. The van der Waals surface area contributed by atoms with E-state index in [0.717, 1.165) is 29.0 Å². The van der Waals surface area contributed by atoms with Crippen LogP contribution >= 0.6 is 0 Å². The minimum absolute atomic E-state index is 0.312. The first-order chi connectivity index (χ1) is 12.1. The summed E-state index contributed by atoms with van der Waals surface area (Å²) in [5, 5.41) is 2.70. The molecule has 0 fully saturated rings. The molecule has 0 aliphatic heterocycles. The number of aryl methyl sites for hydroxylation is 2. The van der Waals surface area contributed by atoms with Crippen molar-refractivity contribution in [2.45, 2.75) is 33.8 Å². The van der Waals surface area contributed by atoms with E-state index in [-0.39, 0.29) is 0 Å². The summed E-state index contributed by atoms with van der Waals surface area (Å²) < 4.78 is 16.2. The third kappa shape index (κ3) is 5.14. The van der Waals surface area contributed by atoms with Gasteiger partial charge in [-0.1, -0.05) is 19.1 Å². The SMILES string of the molecule is CCOc1ccc(NC(=O)OC)c(COc2ccc(CC)cc2C)c1. The van der Waals surface area contributed by atoms with Gasteiger partial charge in [0.2, 0.25) is 0 Å². The summed E-state index contributed by atoms with van der Waals surface area (Å²) in [5.74, 6) is 1.55. The van der Waals surface area contributed by atoms with Crippen molar-refractivity contribution in [3.8, 4) is 11.5 Å². The van der Waals surface area contributed by atoms with Gasteiger partial charge in [0.1, 0.15) is 18.1 Å². The van der Waals surface area contributed by atoms with Crippen molar-refractivity contribution < 1.29 is 19.0 Å². The quantitative estimate of drug-likeness (QED) is 0.791. The second-order valence-electron chi connectivity index (χ2n) is 5.61. The molecule has 0 saturated carbocycles. The molecule has 1 N–H and O–H groups in total. The summed E-state index contributed by atoms with van der Waals surface area (Å²) in [5.41, 5.74) is 3.81. The molecule has 0 atom stereocenters. The topological polar surface area (TPSA) is 56.8 Å². The Bertz CT molecular complexity index is 728. The standard InChI is InChI=1S/C20H25NO4/c1-5-15-7-10-19(14(3)11-15)25-13-16-12-17(24-6-2)8-9-18(16)21-20(22)23-4/h7-12H,5-6,13H2,1-4H3,(H,21,22). The third-order valence-corrected chi connectivity index (χ3v) is 3.84. The van der Waals surface area contributed by atoms with Gasteiger partial charge in [-0.15, -0.1) is 0 Å². The van der Waals surface area contributed by atoms with E-state index in [1.807, 2.05) is 26.0 Å². The molecule has 0 heterocycles. The molecule has 134 valence electrons. The van der Waals surface area contributed by atoms with Crippen LogP contribution in [0.1, 0.15) is 30.5 Å². The van der Waals surface area contributed by atoms with Crippen LogP contribution in [-0.2, 0) is 17.8 Å². The van der Waals surface area contributed by atoms with Crippen molar-refractivity contribution in [1.82, 2.24) is 0 Å². The van der Waals surface area contributed by atoms with Gasteiger partial charge in [-0.2, -0.15) is 0 Å². The van der Waals surface area contributed by atoms with E-state index in [1.165, 1.54) is 12.7 Å². The number of ether oxygens (including phenoxy) is 3. The average Bonchev–Trinajstić information content (AvgIpc) is 2.62. The molecule has 25 heavy (non-hydrogen) atoms. The normalized spacial score (nSPS) is 10.2. The Morgan fingerprint density at radius 3 is 2.52 bits per heavy atom. The van der Waals surface area contributed by atoms with E-state index in [2.05, 4.69) is 29.1 Å². The summed E-state index contributed by atoms with van der Waals surface area (Å²) in [6, 6.07) is 11.6. The van der Waals surface area contributed by atoms with Crippen molar-refractivity contribution >= 4 is 11.8 Å². The molecule has 1 amide bonds. The fraction of sp³-hybridized carbons (Fsp3) is 0.350. The summed E-state index contributed by atoms with van der Waals surface area (Å²) in [7, 11) is 1.33. The molecule has 0 aliphatic rings. The van der Waals surface area contributed by atoms with Crippen LogP contribution in [0, 0.1) is 6.92 Å². The number of anilines is 1. The van der Waals surface area contributed by atoms with Crippen LogP contribution in [-0.4, -0.2) is 19.8 Å². The minimum atomic E-state index is -0.520. The highest BCUT2D eigenvalue weighted by Crippen LogP contribution is 2.26. The first kappa shape index (κ1) is 18.6. The van der Waals surface area contributed by atoms with Crippen molar-refractivity contribution in [3.05, 3.63) is 53.1 Å². The maximum atomic E-state index is 11.5. The smallest absolute Gasteiger partial charge is 0.411 e. The predicted octanol–water partition coefficient (Wildman–Crippen LogP) is 4.71. The Morgan fingerprint density at radius 2 is 1.88 bits per heavy atom. The Labute approximate surface area is 148 Å². The number of nitrogens with one attached hydrogen (secondary N) is 1. The second kappa shape index (κ2) is 8.97. The molecule has 0 unspecified atom stereocenters. The zero-order valence-corrected chi connectivity index (χ0v) is 15.2. The number of rotatable bonds is 7. The average molecular weight is 343 g/mol. The van der Waals surface area contributed by atoms with Gasteiger partial charge in [0.15, 0.2) is 0 Å². The van der Waals surface area contributed by atoms with Crippen molar-refractivity contribution in [1.29, 1.82) is 0 Å². The van der Waals surface area contributed by atoms with Gasteiger partial charge in [-0.25, -0.2) is 4.79 Å². The van der Waals surface area contributed by atoms with Gasteiger partial charge in [0.25, 0.3) is 0 Å². The molecule has 0 bridgehead atoms. The highest BCUT2D eigenvalue weighted by molar-refractivity contribution is 5.85. The number of amides is 1. The van der Waals surface area contributed by atoms with Crippen LogP contribution in [0.2, 0.25) is 0 Å². The van der Waals surface area contributed by atoms with Crippen LogP contribution in [0.3, 0.4) is 0 Å². The van der Waals surface area contributed by atoms with E-state index in [1.54, 1.807) is 12.1 Å². The lowest BCUT2D eigenvalue weighted by molar-refractivity contribution is 0.187. The summed E-state index contributed by atoms with van der Waals surface area (Å²) >= 11 is 0. The number of hydrogen-bond acceptors (Lipinski definition) is 4. The lowest BCUT2D eigenvalue weighted by atomic mass is 10.1. The van der Waals surface area contributed by atoms with Crippen LogP contribution < -0.4 is 14.8 Å². The van der Waals surface area contributed by atoms with Gasteiger partial charge in [-0.3, -0.25) is 5.32 Å². The molecule has 0 spiro atoms. The summed E-state index contributed by atoms with van der Waals surface area (Å²) in [4.78, 5) is 11.5. The summed E-state index contributed by atoms with van der Waals surface area (Å²) in [6.45, 7) is 6.96. The molecule has 0 aliphatic carbocycles. The maximum absolute atomic E-state index is 11.5. The van der Waals surface area contributed by atoms with E-state index < -0.39 is 6.09 Å². The number of hydrogen-bond donors (Lipinski definition) is 1. The van der Waals surface area contributed by atoms with E-state index in [9.17, 15) is 4.79 Å². The van der Waals surface area contributed by atoms with Gasteiger partial charge in [-0.05, 0) is 55.7 Å². The van der Waals surface area contributed by atoms with E-state index in [0.29, 0.717) is 18.9 Å². The first-order valence-corrected chi connectivity index (χ1v) is 8.40. The van der Waals surface area contributed by atoms with Crippen LogP contribution in [0.4, 0.5) is 10.5 Å². The predicted molar refractivity (Wildman–Crippen MR) is 98.5 cm³/mol. The molecular weight excluding hydrogens is 318 g/mol. The Kier molecular flexibility index (Phi) is 6.69. The van der Waals surface area contributed by atoms with Crippen molar-refractivity contribution in [2.75, 3.05) is 19.0 Å². The molecule has 2 aromatic rings. The van der Waals surface area contributed by atoms with Crippen molar-refractivity contribution in [2.24, 2.45) is 0 Å². The van der Waals surface area contributed by atoms with Gasteiger partial charge in [0.05, 0.1) is 19.4 Å². The highest BCUT2D eigenvalue weighted by Gasteiger charge is 2.10. The molecule has 2 aromatic carbocycles. The van der Waals surface area contributed by atoms with Crippen molar-refractivity contribution in [3.63, 3.8) is 0 Å². The lowest BCUT2D eigenvalue weighted by Gasteiger charge is -2.15. The number of carbonyl (C=O) groups excluding carboxylic acids is 1. The van der Waals surface area contributed by atoms with E-state index in [4.69, 9.17) is 9.47 Å².